The molecule has 0 aliphatic heterocycles. The summed E-state index contributed by atoms with van der Waals surface area (Å²) in [6.07, 6.45) is 7.98. The van der Waals surface area contributed by atoms with Crippen molar-refractivity contribution in [2.24, 2.45) is 0 Å². The topological polar surface area (TPSA) is 330 Å². The minimum absolute atomic E-state index is 0.0323. The van der Waals surface area contributed by atoms with Crippen molar-refractivity contribution in [1.82, 2.24) is 70.4 Å². The number of fused-ring (bicyclic) bond motifs is 3. The van der Waals surface area contributed by atoms with Crippen LogP contribution in [0.5, 0.6) is 11.5 Å². The Hall–Kier alpha value is -12.0. The number of pyridine rings is 3. The number of aromatic nitrogens is 11. The second-order valence-electron chi connectivity index (χ2n) is 26.5. The number of carbonyl (C=O) groups excluding carboxylic acids is 5. The highest BCUT2D eigenvalue weighted by atomic mass is 35.5. The monoisotopic (exact) mass is 1880 g/mol. The van der Waals surface area contributed by atoms with Crippen LogP contribution in [0.15, 0.2) is 266 Å². The van der Waals surface area contributed by atoms with Gasteiger partial charge in [0.2, 0.25) is 11.8 Å². The minimum atomic E-state index is -0.776. The van der Waals surface area contributed by atoms with E-state index in [1.807, 2.05) is 154 Å². The highest BCUT2D eigenvalue weighted by Gasteiger charge is 2.23. The molecule has 636 valence electrons. The van der Waals surface area contributed by atoms with Gasteiger partial charge in [0, 0.05) is 67.9 Å². The highest BCUT2D eigenvalue weighted by Crippen LogP contribution is 2.36. The predicted octanol–water partition coefficient (Wildman–Crippen LogP) is 20.1. The van der Waals surface area contributed by atoms with E-state index in [4.69, 9.17) is 79.1 Å². The van der Waals surface area contributed by atoms with E-state index in [2.05, 4.69) is 71.9 Å². The highest BCUT2D eigenvalue weighted by molar-refractivity contribution is 8.00. The number of thiophene rings is 2. The van der Waals surface area contributed by atoms with Crippen molar-refractivity contribution in [3.8, 4) is 22.9 Å². The molecule has 25 nitrogen and oxygen atoms in total. The molecule has 5 amide bonds. The number of nitrogens with zero attached hydrogens (tertiary/aromatic N) is 9. The number of rotatable bonds is 23. The fourth-order valence-electron chi connectivity index (χ4n) is 11.5. The molecule has 7 N–H and O–H groups in total. The molecular formula is C88H71Cl6FN16O9S5. The van der Waals surface area contributed by atoms with Crippen LogP contribution in [0.2, 0.25) is 30.4 Å². The number of aryl methyl sites for hydroxylation is 3. The van der Waals surface area contributed by atoms with Crippen LogP contribution in [-0.2, 0) is 29.2 Å². The van der Waals surface area contributed by atoms with Crippen molar-refractivity contribution in [3.05, 3.63) is 342 Å². The molecule has 37 heteroatoms. The van der Waals surface area contributed by atoms with Gasteiger partial charge in [0.25, 0.3) is 28.8 Å². The summed E-state index contributed by atoms with van der Waals surface area (Å²) in [5.41, 5.74) is 8.47. The number of hydrogen-bond donors (Lipinski definition) is 7. The van der Waals surface area contributed by atoms with Gasteiger partial charge < -0.3 is 36.1 Å². The van der Waals surface area contributed by atoms with Crippen LogP contribution in [0.4, 0.5) is 15.8 Å². The first kappa shape index (κ1) is 92.2. The molecule has 0 fully saturated rings. The lowest BCUT2D eigenvalue weighted by Gasteiger charge is -2.14. The van der Waals surface area contributed by atoms with Gasteiger partial charge in [0.15, 0.2) is 32.6 Å². The third-order valence-corrected chi connectivity index (χ3v) is 24.8. The van der Waals surface area contributed by atoms with Crippen molar-refractivity contribution < 1.29 is 37.8 Å². The van der Waals surface area contributed by atoms with E-state index in [-0.39, 0.29) is 62.1 Å². The van der Waals surface area contributed by atoms with Gasteiger partial charge in [-0.25, -0.2) is 24.3 Å². The van der Waals surface area contributed by atoms with E-state index in [0.717, 1.165) is 71.2 Å². The minimum Gasteiger partial charge on any atom is -0.497 e. The number of halogens is 7. The lowest BCUT2D eigenvalue weighted by molar-refractivity contribution is -0.114. The molecule has 0 aliphatic carbocycles. The number of carbonyl (C=O) groups is 5. The maximum atomic E-state index is 13.2. The molecule has 0 radical (unpaired) electrons. The standard InChI is InChI=1S/C22H21N5O3S.C21H19N5O3S.C19H13Cl3N2OS.C15H11ClN2OS.C11H7Cl2FN2OS/c1-13-4-5-15(10-14(13)2)24-19(28)12-31-22-25-20-18(11-23-26-20)21(29)27(22)16-6-8-17(30-3)9-7-16;1-13-7-9-14(10-8-13)23-18(27)12-30-21-24-19-15(11-22-25-19)20(28)26(21)16-5-3-4-6-17(16)29-2;20-13-3-1-4-14(10-13)26-19-15(5-2-8-23-19)18(25)24-11-12-6-7-16(21)17(22)9-12;16-13-11-5-1-2-6-12(11)20-14(13)15(19)18-9-10-4-3-7-17-8-10;12-9-7(4-8(14)10(13)16-9)11(17)15-5-6-2-1-3-18-6/h4-11H,12H2,1-3H3,(H,23,26)(H,24,28);3-11H,12H2,1-2H3,(H,22,25)(H,23,27);1-10H,11H2,(H,24,25);1-8H,9H2,(H,18,19);1-4H,5H2,(H,15,17). The zero-order valence-electron chi connectivity index (χ0n) is 66.4. The van der Waals surface area contributed by atoms with E-state index in [9.17, 15) is 38.0 Å². The summed E-state index contributed by atoms with van der Waals surface area (Å²) < 4.78 is 27.8. The second kappa shape index (κ2) is 44.6. The summed E-state index contributed by atoms with van der Waals surface area (Å²) in [4.78, 5) is 111. The molecule has 0 saturated heterocycles. The average molecular weight is 1890 g/mol. The Labute approximate surface area is 764 Å². The van der Waals surface area contributed by atoms with Crippen molar-refractivity contribution >= 4 is 201 Å². The third-order valence-electron chi connectivity index (χ3n) is 17.9. The maximum Gasteiger partial charge on any atom is 0.270 e. The number of H-pyrrole nitrogens is 2. The van der Waals surface area contributed by atoms with Crippen molar-refractivity contribution in [1.29, 1.82) is 0 Å². The van der Waals surface area contributed by atoms with Crippen LogP contribution in [0.3, 0.4) is 0 Å². The van der Waals surface area contributed by atoms with Crippen LogP contribution in [0.25, 0.3) is 43.5 Å². The van der Waals surface area contributed by atoms with E-state index >= 15 is 0 Å². The lowest BCUT2D eigenvalue weighted by atomic mass is 10.1. The molecule has 16 rings (SSSR count). The first-order valence-electron chi connectivity index (χ1n) is 37.3. The van der Waals surface area contributed by atoms with Gasteiger partial charge in [0.1, 0.15) is 37.3 Å². The Kier molecular flexibility index (Phi) is 32.9. The molecule has 0 spiro atoms. The normalized spacial score (nSPS) is 10.7. The Morgan fingerprint density at radius 3 is 1.85 bits per heavy atom. The van der Waals surface area contributed by atoms with Gasteiger partial charge in [-0.1, -0.05) is 183 Å². The summed E-state index contributed by atoms with van der Waals surface area (Å²) in [6.45, 7) is 7.14. The zero-order valence-corrected chi connectivity index (χ0v) is 75.1. The number of aromatic amines is 2. The molecule has 7 aromatic carbocycles. The first-order chi connectivity index (χ1) is 60.4. The number of thioether (sulfide) groups is 2. The summed E-state index contributed by atoms with van der Waals surface area (Å²) >= 11 is 42.0. The van der Waals surface area contributed by atoms with Gasteiger partial charge in [-0.2, -0.15) is 10.2 Å². The van der Waals surface area contributed by atoms with Gasteiger partial charge in [0.05, 0.1) is 82.2 Å². The number of amides is 5. The van der Waals surface area contributed by atoms with Gasteiger partial charge in [-0.15, -0.1) is 22.7 Å². The second-order valence-corrected chi connectivity index (χ2v) is 33.9. The fourth-order valence-corrected chi connectivity index (χ4v) is 17.1. The number of para-hydroxylation sites is 2. The third kappa shape index (κ3) is 25.0. The average Bonchev–Trinajstić information content (AvgIpc) is 1.75. The number of benzene rings is 7. The molecule has 0 saturated carbocycles. The van der Waals surface area contributed by atoms with Crippen molar-refractivity contribution in [3.63, 3.8) is 0 Å². The Balaban J connectivity index is 0.000000144. The van der Waals surface area contributed by atoms with Crippen LogP contribution in [0.1, 0.15) is 63.1 Å². The number of hydrogen-bond acceptors (Lipinski definition) is 21. The quantitative estimate of drug-likeness (QED) is 0.0178. The molecule has 0 bridgehead atoms. The van der Waals surface area contributed by atoms with Crippen LogP contribution in [0, 0.1) is 26.6 Å². The Bertz CT molecular complexity index is 6670. The Morgan fingerprint density at radius 2 is 1.18 bits per heavy atom. The number of ether oxygens (including phenoxy) is 2. The summed E-state index contributed by atoms with van der Waals surface area (Å²) in [7, 11) is 3.12. The maximum absolute atomic E-state index is 13.2. The first-order valence-corrected chi connectivity index (χ1v) is 44.1. The van der Waals surface area contributed by atoms with E-state index in [1.54, 1.807) is 92.4 Å². The largest absolute Gasteiger partial charge is 0.497 e. The van der Waals surface area contributed by atoms with Crippen LogP contribution < -0.4 is 47.2 Å². The molecular weight excluding hydrogens is 1820 g/mol. The van der Waals surface area contributed by atoms with Gasteiger partial charge in [-0.3, -0.25) is 57.9 Å². The lowest BCUT2D eigenvalue weighted by Crippen LogP contribution is -2.23. The summed E-state index contributed by atoms with van der Waals surface area (Å²) in [5.74, 6) is -0.647. The SMILES string of the molecule is COc1ccc(-n2c(SCC(=O)Nc3ccc(C)c(C)c3)nc3[nH]ncc3c2=O)cc1.COc1ccccc1-n1c(SCC(=O)Nc2ccc(C)cc2)nc2[nH]ncc2c1=O.O=C(NCc1ccc(Cl)c(Cl)c1)c1cccnc1Sc1cccc(Cl)c1.O=C(NCc1cccnc1)c1sc2ccccc2c1Cl.O=C(NCc1cccs1)c1cc(F)c(Cl)nc1Cl. The van der Waals surface area contributed by atoms with E-state index in [1.165, 1.54) is 74.8 Å². The number of anilines is 2. The van der Waals surface area contributed by atoms with Gasteiger partial charge >= 0.3 is 0 Å². The number of methoxy groups -OCH3 is 2. The van der Waals surface area contributed by atoms with E-state index in [0.29, 0.717) is 116 Å². The van der Waals surface area contributed by atoms with Crippen molar-refractivity contribution in [2.45, 2.75) is 60.6 Å². The van der Waals surface area contributed by atoms with E-state index < -0.39 is 11.7 Å². The van der Waals surface area contributed by atoms with Crippen LogP contribution in [-0.4, -0.2) is 110 Å². The molecule has 9 aromatic heterocycles. The number of nitrogens with one attached hydrogen (secondary N) is 7. The smallest absolute Gasteiger partial charge is 0.270 e. The zero-order chi connectivity index (χ0) is 88.6. The predicted molar refractivity (Wildman–Crippen MR) is 497 cm³/mol. The van der Waals surface area contributed by atoms with Crippen molar-refractivity contribution in [2.75, 3.05) is 36.4 Å². The molecule has 0 unspecified atom stereocenters. The summed E-state index contributed by atoms with van der Waals surface area (Å²) in [6, 6.07) is 59.9. The molecule has 9 heterocycles. The van der Waals surface area contributed by atoms with Gasteiger partial charge in [-0.05, 0) is 176 Å². The summed E-state index contributed by atoms with van der Waals surface area (Å²) in [5, 5.41) is 33.9. The van der Waals surface area contributed by atoms with Crippen LogP contribution >= 0.6 is 128 Å². The molecule has 0 aliphatic rings. The Morgan fingerprint density at radius 1 is 0.536 bits per heavy atom. The fraction of sp³-hybridized carbons (Fsp3) is 0.114. The molecule has 0 atom stereocenters. The molecule has 125 heavy (non-hydrogen) atoms. The molecule has 16 aromatic rings.